The molecule has 0 saturated carbocycles. The van der Waals surface area contributed by atoms with Gasteiger partial charge in [-0.1, -0.05) is 12.1 Å². The number of primary amides is 1. The summed E-state index contributed by atoms with van der Waals surface area (Å²) in [6, 6.07) is 16.6. The second-order valence-corrected chi connectivity index (χ2v) is 4.54. The second-order valence-electron chi connectivity index (χ2n) is 4.54. The maximum absolute atomic E-state index is 11.0. The number of nitrogens with two attached hydrogens (primary N) is 1. The molecule has 0 saturated heterocycles. The Morgan fingerprint density at radius 2 is 1.95 bits per heavy atom. The Morgan fingerprint density at radius 1 is 1.25 bits per heavy atom. The number of nitriles is 1. The SMILES string of the molecule is CC(Nc1ccc(C(N)=O)cc1)c1cccc(C#N)c1. The van der Waals surface area contributed by atoms with E-state index in [0.29, 0.717) is 11.1 Å². The van der Waals surface area contributed by atoms with E-state index in [1.165, 1.54) is 0 Å². The van der Waals surface area contributed by atoms with Gasteiger partial charge in [0.1, 0.15) is 0 Å². The van der Waals surface area contributed by atoms with Crippen LogP contribution in [0.1, 0.15) is 34.5 Å². The number of nitrogens with one attached hydrogen (secondary N) is 1. The molecule has 1 atom stereocenters. The summed E-state index contributed by atoms with van der Waals surface area (Å²) in [5.41, 5.74) is 8.24. The Labute approximate surface area is 117 Å². The maximum atomic E-state index is 11.0. The molecule has 4 nitrogen and oxygen atoms in total. The van der Waals surface area contributed by atoms with Gasteiger partial charge in [-0.25, -0.2) is 0 Å². The first-order valence-corrected chi connectivity index (χ1v) is 6.26. The van der Waals surface area contributed by atoms with Gasteiger partial charge in [0, 0.05) is 17.3 Å². The topological polar surface area (TPSA) is 78.9 Å². The third-order valence-electron chi connectivity index (χ3n) is 3.07. The number of hydrogen-bond acceptors (Lipinski definition) is 3. The summed E-state index contributed by atoms with van der Waals surface area (Å²) in [5, 5.41) is 12.2. The van der Waals surface area contributed by atoms with Crippen LogP contribution in [0, 0.1) is 11.3 Å². The highest BCUT2D eigenvalue weighted by Gasteiger charge is 2.06. The quantitative estimate of drug-likeness (QED) is 0.892. The predicted octanol–water partition coefficient (Wildman–Crippen LogP) is 2.83. The van der Waals surface area contributed by atoms with Crippen molar-refractivity contribution in [3.05, 3.63) is 65.2 Å². The number of carbonyl (C=O) groups is 1. The van der Waals surface area contributed by atoms with E-state index >= 15 is 0 Å². The van der Waals surface area contributed by atoms with Crippen molar-refractivity contribution in [1.29, 1.82) is 5.26 Å². The number of carbonyl (C=O) groups excluding carboxylic acids is 1. The minimum atomic E-state index is -0.439. The normalized spacial score (nSPS) is 11.4. The lowest BCUT2D eigenvalue weighted by atomic mass is 10.1. The molecule has 0 radical (unpaired) electrons. The van der Waals surface area contributed by atoms with Crippen molar-refractivity contribution in [2.45, 2.75) is 13.0 Å². The molecule has 2 aromatic carbocycles. The monoisotopic (exact) mass is 265 g/mol. The van der Waals surface area contributed by atoms with E-state index in [4.69, 9.17) is 11.0 Å². The van der Waals surface area contributed by atoms with Crippen molar-refractivity contribution >= 4 is 11.6 Å². The lowest BCUT2D eigenvalue weighted by Gasteiger charge is -2.16. The first-order chi connectivity index (χ1) is 9.60. The minimum Gasteiger partial charge on any atom is -0.379 e. The summed E-state index contributed by atoms with van der Waals surface area (Å²) in [5.74, 6) is -0.439. The molecule has 100 valence electrons. The molecule has 0 aliphatic heterocycles. The molecule has 0 bridgehead atoms. The fourth-order valence-corrected chi connectivity index (χ4v) is 1.94. The molecule has 0 aromatic heterocycles. The summed E-state index contributed by atoms with van der Waals surface area (Å²) < 4.78 is 0. The van der Waals surface area contributed by atoms with Crippen LogP contribution >= 0.6 is 0 Å². The highest BCUT2D eigenvalue weighted by molar-refractivity contribution is 5.93. The van der Waals surface area contributed by atoms with Crippen LogP contribution in [-0.2, 0) is 0 Å². The van der Waals surface area contributed by atoms with E-state index in [2.05, 4.69) is 11.4 Å². The van der Waals surface area contributed by atoms with Crippen molar-refractivity contribution in [3.63, 3.8) is 0 Å². The maximum Gasteiger partial charge on any atom is 0.248 e. The summed E-state index contributed by atoms with van der Waals surface area (Å²) >= 11 is 0. The summed E-state index contributed by atoms with van der Waals surface area (Å²) in [4.78, 5) is 11.0. The van der Waals surface area contributed by atoms with Gasteiger partial charge < -0.3 is 11.1 Å². The van der Waals surface area contributed by atoms with E-state index in [-0.39, 0.29) is 6.04 Å². The first-order valence-electron chi connectivity index (χ1n) is 6.26. The Morgan fingerprint density at radius 3 is 2.55 bits per heavy atom. The standard InChI is InChI=1S/C16H15N3O/c1-11(14-4-2-3-12(9-14)10-17)19-15-7-5-13(6-8-15)16(18)20/h2-9,11,19H,1H3,(H2,18,20). The number of hydrogen-bond donors (Lipinski definition) is 2. The molecule has 0 aliphatic carbocycles. The average Bonchev–Trinajstić information content (AvgIpc) is 2.47. The molecular formula is C16H15N3O. The van der Waals surface area contributed by atoms with Crippen LogP contribution in [0.25, 0.3) is 0 Å². The van der Waals surface area contributed by atoms with Gasteiger partial charge in [0.15, 0.2) is 0 Å². The molecule has 0 aliphatic rings. The lowest BCUT2D eigenvalue weighted by Crippen LogP contribution is -2.11. The zero-order valence-corrected chi connectivity index (χ0v) is 11.1. The van der Waals surface area contributed by atoms with Gasteiger partial charge in [-0.3, -0.25) is 4.79 Å². The Bertz CT molecular complexity index is 656. The van der Waals surface area contributed by atoms with Crippen molar-refractivity contribution in [2.24, 2.45) is 5.73 Å². The van der Waals surface area contributed by atoms with Gasteiger partial charge in [0.2, 0.25) is 5.91 Å². The number of anilines is 1. The number of nitrogens with zero attached hydrogens (tertiary/aromatic N) is 1. The van der Waals surface area contributed by atoms with Gasteiger partial charge in [-0.2, -0.15) is 5.26 Å². The number of benzene rings is 2. The van der Waals surface area contributed by atoms with Crippen LogP contribution in [-0.4, -0.2) is 5.91 Å². The highest BCUT2D eigenvalue weighted by Crippen LogP contribution is 2.20. The molecule has 3 N–H and O–H groups in total. The lowest BCUT2D eigenvalue weighted by molar-refractivity contribution is 0.100. The van der Waals surface area contributed by atoms with Crippen LogP contribution < -0.4 is 11.1 Å². The summed E-state index contributed by atoms with van der Waals surface area (Å²) in [6.07, 6.45) is 0. The van der Waals surface area contributed by atoms with Crippen molar-refractivity contribution in [3.8, 4) is 6.07 Å². The van der Waals surface area contributed by atoms with E-state index in [0.717, 1.165) is 11.3 Å². The first kappa shape index (κ1) is 13.6. The predicted molar refractivity (Wildman–Crippen MR) is 78.2 cm³/mol. The van der Waals surface area contributed by atoms with E-state index in [1.54, 1.807) is 18.2 Å². The van der Waals surface area contributed by atoms with Crippen LogP contribution in [0.5, 0.6) is 0 Å². The zero-order chi connectivity index (χ0) is 14.5. The second kappa shape index (κ2) is 5.89. The van der Waals surface area contributed by atoms with Gasteiger partial charge >= 0.3 is 0 Å². The molecule has 0 spiro atoms. The Balaban J connectivity index is 2.12. The molecular weight excluding hydrogens is 250 g/mol. The number of rotatable bonds is 4. The van der Waals surface area contributed by atoms with Crippen LogP contribution in [0.4, 0.5) is 5.69 Å². The molecule has 2 rings (SSSR count). The molecule has 0 fully saturated rings. The van der Waals surface area contributed by atoms with Crippen LogP contribution in [0.2, 0.25) is 0 Å². The fourth-order valence-electron chi connectivity index (χ4n) is 1.94. The van der Waals surface area contributed by atoms with Crippen molar-refractivity contribution < 1.29 is 4.79 Å². The van der Waals surface area contributed by atoms with Crippen LogP contribution in [0.15, 0.2) is 48.5 Å². The minimum absolute atomic E-state index is 0.0581. The van der Waals surface area contributed by atoms with E-state index < -0.39 is 5.91 Å². The summed E-state index contributed by atoms with van der Waals surface area (Å²) in [7, 11) is 0. The fraction of sp³-hybridized carbons (Fsp3) is 0.125. The zero-order valence-electron chi connectivity index (χ0n) is 11.1. The van der Waals surface area contributed by atoms with Crippen molar-refractivity contribution in [1.82, 2.24) is 0 Å². The van der Waals surface area contributed by atoms with Gasteiger partial charge in [-0.15, -0.1) is 0 Å². The number of amides is 1. The Kier molecular flexibility index (Phi) is 4.02. The third kappa shape index (κ3) is 3.15. The van der Waals surface area contributed by atoms with Gasteiger partial charge in [0.05, 0.1) is 11.6 Å². The molecule has 4 heteroatoms. The molecule has 0 heterocycles. The Hall–Kier alpha value is -2.80. The highest BCUT2D eigenvalue weighted by atomic mass is 16.1. The van der Waals surface area contributed by atoms with Gasteiger partial charge in [0.25, 0.3) is 0 Å². The van der Waals surface area contributed by atoms with E-state index in [9.17, 15) is 4.79 Å². The van der Waals surface area contributed by atoms with Gasteiger partial charge in [-0.05, 0) is 48.9 Å². The molecule has 1 amide bonds. The summed E-state index contributed by atoms with van der Waals surface area (Å²) in [6.45, 7) is 2.01. The smallest absolute Gasteiger partial charge is 0.248 e. The molecule has 1 unspecified atom stereocenters. The van der Waals surface area contributed by atoms with Crippen LogP contribution in [0.3, 0.4) is 0 Å². The largest absolute Gasteiger partial charge is 0.379 e. The molecule has 20 heavy (non-hydrogen) atoms. The average molecular weight is 265 g/mol. The third-order valence-corrected chi connectivity index (χ3v) is 3.07. The van der Waals surface area contributed by atoms with E-state index in [1.807, 2.05) is 37.3 Å². The van der Waals surface area contributed by atoms with Crippen molar-refractivity contribution in [2.75, 3.05) is 5.32 Å². The molecule has 2 aromatic rings.